The highest BCUT2D eigenvalue weighted by atomic mass is 32.1. The van der Waals surface area contributed by atoms with Crippen LogP contribution in [0, 0.1) is 6.92 Å². The Morgan fingerprint density at radius 3 is 2.82 bits per heavy atom. The summed E-state index contributed by atoms with van der Waals surface area (Å²) in [5.74, 6) is 0.161. The van der Waals surface area contributed by atoms with E-state index in [1.54, 1.807) is 11.3 Å². The molecule has 0 aliphatic heterocycles. The van der Waals surface area contributed by atoms with E-state index in [2.05, 4.69) is 28.3 Å². The molecule has 0 amide bonds. The van der Waals surface area contributed by atoms with Crippen molar-refractivity contribution in [3.8, 4) is 0 Å². The third-order valence-corrected chi connectivity index (χ3v) is 5.26. The summed E-state index contributed by atoms with van der Waals surface area (Å²) in [7, 11) is 2.01. The average Bonchev–Trinajstić information content (AvgIpc) is 3.12. The minimum atomic E-state index is -0.152. The first-order valence-corrected chi connectivity index (χ1v) is 8.29. The van der Waals surface area contributed by atoms with Crippen molar-refractivity contribution in [1.82, 2.24) is 9.88 Å². The summed E-state index contributed by atoms with van der Waals surface area (Å²) >= 11 is 1.75. The predicted molar refractivity (Wildman–Crippen MR) is 92.6 cm³/mol. The number of aryl methyl sites for hydroxylation is 1. The molecule has 0 spiro atoms. The Hall–Kier alpha value is -1.91. The van der Waals surface area contributed by atoms with E-state index < -0.39 is 0 Å². The normalized spacial score (nSPS) is 12.9. The Balaban J connectivity index is 1.80. The maximum absolute atomic E-state index is 12.8. The number of carbonyl (C=O) groups is 1. The molecule has 2 heterocycles. The molecular weight excluding hydrogens is 292 g/mol. The van der Waals surface area contributed by atoms with Crippen LogP contribution in [0.15, 0.2) is 41.9 Å². The Kier molecular flexibility index (Phi) is 4.14. The number of fused-ring (bicyclic) bond motifs is 1. The van der Waals surface area contributed by atoms with Crippen LogP contribution in [0.1, 0.15) is 27.7 Å². The molecule has 0 radical (unpaired) electrons. The van der Waals surface area contributed by atoms with E-state index in [-0.39, 0.29) is 11.8 Å². The summed E-state index contributed by atoms with van der Waals surface area (Å²) in [6, 6.07) is 9.91. The van der Waals surface area contributed by atoms with Crippen LogP contribution in [0.3, 0.4) is 0 Å². The topological polar surface area (TPSA) is 36.1 Å². The predicted octanol–water partition coefficient (Wildman–Crippen LogP) is 4.24. The van der Waals surface area contributed by atoms with Crippen LogP contribution in [-0.4, -0.2) is 28.8 Å². The number of Topliss-reactive ketones (excluding diaryl/α,β-unsaturated/α-hetero) is 1. The number of aromatic nitrogens is 1. The monoisotopic (exact) mass is 312 g/mol. The molecule has 114 valence electrons. The molecule has 3 rings (SSSR count). The molecule has 0 saturated carbocycles. The molecule has 0 fully saturated rings. The fraction of sp³-hybridized carbons (Fsp3) is 0.278. The van der Waals surface area contributed by atoms with E-state index >= 15 is 0 Å². The van der Waals surface area contributed by atoms with Gasteiger partial charge in [0.25, 0.3) is 0 Å². The van der Waals surface area contributed by atoms with Gasteiger partial charge in [-0.3, -0.25) is 9.69 Å². The smallest absolute Gasteiger partial charge is 0.181 e. The largest absolute Gasteiger partial charge is 0.360 e. The summed E-state index contributed by atoms with van der Waals surface area (Å²) in [6.07, 6.45) is 1.83. The fourth-order valence-electron chi connectivity index (χ4n) is 2.63. The lowest BCUT2D eigenvalue weighted by atomic mass is 10.0. The van der Waals surface area contributed by atoms with Crippen LogP contribution >= 0.6 is 11.3 Å². The molecular formula is C18H20N2OS. The number of hydrogen-bond acceptors (Lipinski definition) is 3. The number of hydrogen-bond donors (Lipinski definition) is 1. The van der Waals surface area contributed by atoms with Crippen LogP contribution in [-0.2, 0) is 6.54 Å². The SMILES string of the molecule is Cc1ccsc1CN(C)[C@@H](C)C(=O)c1c[nH]c2ccccc12. The molecule has 1 atom stereocenters. The Labute approximate surface area is 134 Å². The zero-order chi connectivity index (χ0) is 15.7. The lowest BCUT2D eigenvalue weighted by Crippen LogP contribution is -2.35. The van der Waals surface area contributed by atoms with E-state index in [0.717, 1.165) is 23.0 Å². The Morgan fingerprint density at radius 2 is 2.09 bits per heavy atom. The summed E-state index contributed by atoms with van der Waals surface area (Å²) in [6.45, 7) is 4.90. The van der Waals surface area contributed by atoms with Gasteiger partial charge in [-0.05, 0) is 44.0 Å². The van der Waals surface area contributed by atoms with E-state index in [4.69, 9.17) is 0 Å². The molecule has 0 bridgehead atoms. The van der Waals surface area contributed by atoms with Gasteiger partial charge in [-0.1, -0.05) is 18.2 Å². The van der Waals surface area contributed by atoms with Gasteiger partial charge in [0.1, 0.15) is 0 Å². The van der Waals surface area contributed by atoms with Gasteiger partial charge in [0.2, 0.25) is 0 Å². The van der Waals surface area contributed by atoms with Gasteiger partial charge in [0.15, 0.2) is 5.78 Å². The molecule has 0 saturated heterocycles. The van der Waals surface area contributed by atoms with Gasteiger partial charge >= 0.3 is 0 Å². The zero-order valence-corrected chi connectivity index (χ0v) is 13.9. The number of aromatic amines is 1. The van der Waals surface area contributed by atoms with Gasteiger partial charge in [0.05, 0.1) is 6.04 Å². The fourth-order valence-corrected chi connectivity index (χ4v) is 3.60. The molecule has 2 aromatic heterocycles. The third kappa shape index (κ3) is 2.72. The van der Waals surface area contributed by atoms with E-state index in [1.807, 2.05) is 44.4 Å². The second-order valence-corrected chi connectivity index (χ2v) is 6.73. The van der Waals surface area contributed by atoms with Crippen molar-refractivity contribution in [1.29, 1.82) is 0 Å². The van der Waals surface area contributed by atoms with Crippen LogP contribution in [0.4, 0.5) is 0 Å². The molecule has 0 aliphatic carbocycles. The highest BCUT2D eigenvalue weighted by molar-refractivity contribution is 7.10. The van der Waals surface area contributed by atoms with Crippen molar-refractivity contribution in [2.45, 2.75) is 26.4 Å². The summed E-state index contributed by atoms with van der Waals surface area (Å²) in [4.78, 5) is 19.4. The maximum Gasteiger partial charge on any atom is 0.181 e. The highest BCUT2D eigenvalue weighted by Crippen LogP contribution is 2.22. The molecule has 0 unspecified atom stereocenters. The number of H-pyrrole nitrogens is 1. The van der Waals surface area contributed by atoms with Crippen LogP contribution in [0.2, 0.25) is 0 Å². The molecule has 4 heteroatoms. The first-order chi connectivity index (χ1) is 10.6. The summed E-state index contributed by atoms with van der Waals surface area (Å²) in [5.41, 5.74) is 3.08. The van der Waals surface area contributed by atoms with Gasteiger partial charge in [-0.25, -0.2) is 0 Å². The van der Waals surface area contributed by atoms with Gasteiger partial charge in [0, 0.05) is 34.1 Å². The van der Waals surface area contributed by atoms with E-state index in [9.17, 15) is 4.79 Å². The number of ketones is 1. The van der Waals surface area contributed by atoms with Crippen molar-refractivity contribution in [2.24, 2.45) is 0 Å². The van der Waals surface area contributed by atoms with Crippen molar-refractivity contribution < 1.29 is 4.79 Å². The van der Waals surface area contributed by atoms with E-state index in [0.29, 0.717) is 0 Å². The van der Waals surface area contributed by atoms with Crippen molar-refractivity contribution in [3.05, 3.63) is 57.9 Å². The van der Waals surface area contributed by atoms with Crippen LogP contribution < -0.4 is 0 Å². The summed E-state index contributed by atoms with van der Waals surface area (Å²) in [5, 5.41) is 3.10. The van der Waals surface area contributed by atoms with Crippen molar-refractivity contribution in [3.63, 3.8) is 0 Å². The molecule has 22 heavy (non-hydrogen) atoms. The molecule has 1 aromatic carbocycles. The average molecular weight is 312 g/mol. The number of likely N-dealkylation sites (N-methyl/N-ethyl adjacent to an activating group) is 1. The van der Waals surface area contributed by atoms with Crippen LogP contribution in [0.25, 0.3) is 10.9 Å². The lowest BCUT2D eigenvalue weighted by molar-refractivity contribution is 0.0864. The minimum Gasteiger partial charge on any atom is -0.360 e. The Bertz CT molecular complexity index is 802. The van der Waals surface area contributed by atoms with Crippen LogP contribution in [0.5, 0.6) is 0 Å². The second-order valence-electron chi connectivity index (χ2n) is 5.73. The molecule has 1 N–H and O–H groups in total. The number of rotatable bonds is 5. The second kappa shape index (κ2) is 6.07. The number of nitrogens with zero attached hydrogens (tertiary/aromatic N) is 1. The highest BCUT2D eigenvalue weighted by Gasteiger charge is 2.22. The number of nitrogens with one attached hydrogen (secondary N) is 1. The maximum atomic E-state index is 12.8. The molecule has 3 aromatic rings. The first kappa shape index (κ1) is 15.0. The van der Waals surface area contributed by atoms with Gasteiger partial charge in [-0.15, -0.1) is 11.3 Å². The lowest BCUT2D eigenvalue weighted by Gasteiger charge is -2.23. The van der Waals surface area contributed by atoms with E-state index in [1.165, 1.54) is 10.4 Å². The number of benzene rings is 1. The van der Waals surface area contributed by atoms with Gasteiger partial charge in [-0.2, -0.15) is 0 Å². The molecule has 3 nitrogen and oxygen atoms in total. The molecule has 0 aliphatic rings. The quantitative estimate of drug-likeness (QED) is 0.715. The third-order valence-electron chi connectivity index (χ3n) is 4.26. The number of thiophene rings is 1. The van der Waals surface area contributed by atoms with Crippen molar-refractivity contribution in [2.75, 3.05) is 7.05 Å². The minimum absolute atomic E-state index is 0.152. The first-order valence-electron chi connectivity index (χ1n) is 7.41. The van der Waals surface area contributed by atoms with Gasteiger partial charge < -0.3 is 4.98 Å². The summed E-state index contributed by atoms with van der Waals surface area (Å²) < 4.78 is 0. The number of para-hydroxylation sites is 1. The zero-order valence-electron chi connectivity index (χ0n) is 13.1. The standard InChI is InChI=1S/C18H20N2OS/c1-12-8-9-22-17(12)11-20(3)13(2)18(21)15-10-19-16-7-5-4-6-14(15)16/h4-10,13,19H,11H2,1-3H3/t13-/m0/s1. The van der Waals surface area contributed by atoms with Crippen molar-refractivity contribution >= 4 is 28.0 Å². The Morgan fingerprint density at radius 1 is 1.32 bits per heavy atom. The number of carbonyl (C=O) groups excluding carboxylic acids is 1.